The summed E-state index contributed by atoms with van der Waals surface area (Å²) < 4.78 is 8.41. The quantitative estimate of drug-likeness (QED) is 0.182. The molecule has 3 heterocycles. The summed E-state index contributed by atoms with van der Waals surface area (Å²) in [5, 5.41) is 11.7. The summed E-state index contributed by atoms with van der Waals surface area (Å²) >= 11 is 1.60. The first-order valence-electron chi connectivity index (χ1n) is 14.4. The fourth-order valence-corrected chi connectivity index (χ4v) is 6.17. The molecule has 6 rings (SSSR count). The maximum Gasteiger partial charge on any atom is 0.317 e. The third kappa shape index (κ3) is 5.87. The van der Waals surface area contributed by atoms with Crippen molar-refractivity contribution in [2.75, 3.05) is 39.3 Å². The summed E-state index contributed by atoms with van der Waals surface area (Å²) in [6.45, 7) is 6.31. The van der Waals surface area contributed by atoms with Crippen LogP contribution >= 0.6 is 11.3 Å². The molecule has 0 spiro atoms. The number of aryl methyl sites for hydroxylation is 1. The Morgan fingerprint density at radius 1 is 1.17 bits per heavy atom. The average molecular weight is 582 g/mol. The first-order valence-corrected chi connectivity index (χ1v) is 15.2. The van der Waals surface area contributed by atoms with Gasteiger partial charge in [-0.25, -0.2) is 14.8 Å². The van der Waals surface area contributed by atoms with Crippen LogP contribution in [0.15, 0.2) is 72.4 Å². The van der Waals surface area contributed by atoms with Gasteiger partial charge in [-0.05, 0) is 47.0 Å². The zero-order valence-electron chi connectivity index (χ0n) is 23.7. The summed E-state index contributed by atoms with van der Waals surface area (Å²) in [5.74, 6) is 1.60. The highest BCUT2D eigenvalue weighted by molar-refractivity contribution is 7.13. The number of thiazole rings is 1. The Hall–Kier alpha value is -4.25. The molecule has 3 aromatic carbocycles. The fraction of sp³-hybridized carbons (Fsp3) is 0.281. The zero-order valence-corrected chi connectivity index (χ0v) is 24.5. The first-order chi connectivity index (χ1) is 20.6. The van der Waals surface area contributed by atoms with Crippen molar-refractivity contribution in [3.05, 3.63) is 83.8 Å². The summed E-state index contributed by atoms with van der Waals surface area (Å²) in [5.41, 5.74) is 10.9. The molecule has 1 aliphatic rings. The molecule has 10 heteroatoms. The number of nitrogens with one attached hydrogen (secondary N) is 2. The van der Waals surface area contributed by atoms with Crippen LogP contribution in [-0.2, 0) is 13.0 Å². The van der Waals surface area contributed by atoms with E-state index in [9.17, 15) is 4.79 Å². The van der Waals surface area contributed by atoms with E-state index in [4.69, 9.17) is 15.5 Å². The highest BCUT2D eigenvalue weighted by atomic mass is 32.1. The van der Waals surface area contributed by atoms with Crippen molar-refractivity contribution in [3.8, 4) is 33.3 Å². The molecule has 9 nitrogen and oxygen atoms in total. The second kappa shape index (κ2) is 12.7. The van der Waals surface area contributed by atoms with E-state index in [1.165, 1.54) is 16.3 Å². The molecule has 0 atom stereocenters. The Morgan fingerprint density at radius 3 is 2.90 bits per heavy atom. The predicted octanol–water partition coefficient (Wildman–Crippen LogP) is 4.83. The number of benzene rings is 3. The molecule has 1 fully saturated rings. The molecule has 0 bridgehead atoms. The van der Waals surface area contributed by atoms with Gasteiger partial charge in [0.2, 0.25) is 0 Å². The van der Waals surface area contributed by atoms with E-state index < -0.39 is 0 Å². The number of hydrogen-bond acceptors (Lipinski definition) is 7. The van der Waals surface area contributed by atoms with Crippen LogP contribution < -0.4 is 21.1 Å². The fourth-order valence-electron chi connectivity index (χ4n) is 5.31. The second-order valence-corrected chi connectivity index (χ2v) is 11.0. The van der Waals surface area contributed by atoms with Gasteiger partial charge < -0.3 is 30.6 Å². The second-order valence-electron chi connectivity index (χ2n) is 10.2. The van der Waals surface area contributed by atoms with Gasteiger partial charge in [0.25, 0.3) is 0 Å². The first kappa shape index (κ1) is 27.9. The van der Waals surface area contributed by atoms with Crippen LogP contribution in [0.3, 0.4) is 0 Å². The predicted molar refractivity (Wildman–Crippen MR) is 168 cm³/mol. The molecular weight excluding hydrogens is 546 g/mol. The van der Waals surface area contributed by atoms with E-state index >= 15 is 0 Å². The zero-order chi connectivity index (χ0) is 28.9. The van der Waals surface area contributed by atoms with Gasteiger partial charge in [0.05, 0.1) is 30.0 Å². The number of carbonyl (C=O) groups is 1. The molecule has 5 aromatic rings. The van der Waals surface area contributed by atoms with Gasteiger partial charge in [0.1, 0.15) is 23.2 Å². The number of imidazole rings is 1. The van der Waals surface area contributed by atoms with Gasteiger partial charge >= 0.3 is 6.03 Å². The summed E-state index contributed by atoms with van der Waals surface area (Å²) in [6, 6.07) is 19.1. The molecule has 216 valence electrons. The Balaban J connectivity index is 1.32. The monoisotopic (exact) mass is 581 g/mol. The Labute approximate surface area is 249 Å². The van der Waals surface area contributed by atoms with Crippen molar-refractivity contribution in [2.24, 2.45) is 5.73 Å². The van der Waals surface area contributed by atoms with Gasteiger partial charge in [-0.3, -0.25) is 0 Å². The molecule has 0 saturated carbocycles. The number of carbonyl (C=O) groups excluding carboxylic acids is 1. The third-order valence-electron chi connectivity index (χ3n) is 7.49. The minimum absolute atomic E-state index is 0.0491. The lowest BCUT2D eigenvalue weighted by atomic mass is 9.98. The number of urea groups is 1. The molecule has 2 amide bonds. The number of fused-ring (bicyclic) bond motifs is 1. The van der Waals surface area contributed by atoms with Gasteiger partial charge in [0, 0.05) is 55.6 Å². The lowest BCUT2D eigenvalue weighted by Crippen LogP contribution is -2.31. The van der Waals surface area contributed by atoms with Crippen LogP contribution in [-0.4, -0.2) is 64.8 Å². The summed E-state index contributed by atoms with van der Waals surface area (Å²) in [4.78, 5) is 23.4. The van der Waals surface area contributed by atoms with Crippen molar-refractivity contribution < 1.29 is 9.53 Å². The number of nitrogens with zero attached hydrogens (tertiary/aromatic N) is 4. The van der Waals surface area contributed by atoms with Crippen molar-refractivity contribution in [1.82, 2.24) is 30.1 Å². The molecule has 1 saturated heterocycles. The molecular formula is C32H35N7O2S. The Bertz CT molecular complexity index is 1700. The van der Waals surface area contributed by atoms with Crippen LogP contribution in [0, 0.1) is 0 Å². The summed E-state index contributed by atoms with van der Waals surface area (Å²) in [6.07, 6.45) is 4.69. The standard InChI is InChI=1S/C32H35N7O2S/c1-2-22-17-24(18-23-5-3-4-6-26(22)23)28-21-42-31(37-28)27-8-7-25(39-14-12-35-30(39)20-34-10-9-33)19-29(27)41-16-15-38-13-11-36-32(38)40/h3-8,12,14,17-19,21,34H,2,9-11,13,15-16,20,33H2,1H3,(H,36,40). The summed E-state index contributed by atoms with van der Waals surface area (Å²) in [7, 11) is 0. The lowest BCUT2D eigenvalue weighted by molar-refractivity contribution is 0.203. The number of rotatable bonds is 12. The largest absolute Gasteiger partial charge is 0.491 e. The van der Waals surface area contributed by atoms with Gasteiger partial charge in [-0.1, -0.05) is 31.2 Å². The molecule has 0 unspecified atom stereocenters. The number of nitrogens with two attached hydrogens (primary N) is 1. The van der Waals surface area contributed by atoms with Gasteiger partial charge in [-0.15, -0.1) is 11.3 Å². The molecule has 0 radical (unpaired) electrons. The van der Waals surface area contributed by atoms with E-state index in [-0.39, 0.29) is 6.03 Å². The topological polar surface area (TPSA) is 110 Å². The Morgan fingerprint density at radius 2 is 2.07 bits per heavy atom. The van der Waals surface area contributed by atoms with Gasteiger partial charge in [-0.2, -0.15) is 0 Å². The van der Waals surface area contributed by atoms with Crippen LogP contribution in [0.2, 0.25) is 0 Å². The number of ether oxygens (including phenoxy) is 1. The maximum absolute atomic E-state index is 12.1. The van der Waals surface area contributed by atoms with Crippen LogP contribution in [0.25, 0.3) is 38.3 Å². The van der Waals surface area contributed by atoms with Crippen LogP contribution in [0.4, 0.5) is 4.79 Å². The van der Waals surface area contributed by atoms with Gasteiger partial charge in [0.15, 0.2) is 0 Å². The van der Waals surface area contributed by atoms with Crippen molar-refractivity contribution in [3.63, 3.8) is 0 Å². The minimum Gasteiger partial charge on any atom is -0.491 e. The number of hydrogen-bond donors (Lipinski definition) is 3. The van der Waals surface area contributed by atoms with E-state index in [1.54, 1.807) is 22.4 Å². The highest BCUT2D eigenvalue weighted by Crippen LogP contribution is 2.37. The molecule has 4 N–H and O–H groups in total. The smallest absolute Gasteiger partial charge is 0.317 e. The normalized spacial score (nSPS) is 13.2. The number of amides is 2. The maximum atomic E-state index is 12.1. The Kier molecular flexibility index (Phi) is 8.45. The van der Waals surface area contributed by atoms with E-state index in [1.807, 2.05) is 16.8 Å². The van der Waals surface area contributed by atoms with Crippen molar-refractivity contribution >= 4 is 28.1 Å². The average Bonchev–Trinajstić information content (AvgIpc) is 3.79. The third-order valence-corrected chi connectivity index (χ3v) is 8.36. The highest BCUT2D eigenvalue weighted by Gasteiger charge is 2.20. The SMILES string of the molecule is CCc1cc(-c2csc(-c3ccc(-n4ccnc4CNCCN)cc3OCCN3CCNC3=O)n2)cc2ccccc12. The molecule has 2 aromatic heterocycles. The number of aromatic nitrogens is 3. The molecule has 0 aliphatic carbocycles. The van der Waals surface area contributed by atoms with Crippen molar-refractivity contribution in [2.45, 2.75) is 19.9 Å². The molecule has 42 heavy (non-hydrogen) atoms. The molecule has 1 aliphatic heterocycles. The van der Waals surface area contributed by atoms with E-state index in [0.717, 1.165) is 45.5 Å². The lowest BCUT2D eigenvalue weighted by Gasteiger charge is -2.17. The van der Waals surface area contributed by atoms with Crippen molar-refractivity contribution in [1.29, 1.82) is 0 Å². The van der Waals surface area contributed by atoms with E-state index in [2.05, 4.69) is 76.5 Å². The minimum atomic E-state index is -0.0491. The van der Waals surface area contributed by atoms with E-state index in [0.29, 0.717) is 45.9 Å². The van der Waals surface area contributed by atoms with Crippen LogP contribution in [0.1, 0.15) is 18.3 Å². The van der Waals surface area contributed by atoms with Crippen LogP contribution in [0.5, 0.6) is 5.75 Å².